The van der Waals surface area contributed by atoms with Gasteiger partial charge in [-0.05, 0) is 42.8 Å². The molecule has 5 aromatic rings. The van der Waals surface area contributed by atoms with E-state index in [-0.39, 0.29) is 11.5 Å². The SMILES string of the molecule is COCCCn1c(SCC(=O)c2ccc(OC)cc2)nnc1-c1cc(-c2ccccc2)nc2ccccc12. The monoisotopic (exact) mass is 524 g/mol. The smallest absolute Gasteiger partial charge is 0.191 e. The average Bonchev–Trinajstić information content (AvgIpc) is 3.38. The minimum Gasteiger partial charge on any atom is -0.497 e. The van der Waals surface area contributed by atoms with Crippen LogP contribution >= 0.6 is 11.8 Å². The molecule has 0 aliphatic carbocycles. The lowest BCUT2D eigenvalue weighted by Gasteiger charge is -2.13. The second kappa shape index (κ2) is 12.0. The molecule has 2 heterocycles. The van der Waals surface area contributed by atoms with Crippen molar-refractivity contribution in [3.63, 3.8) is 0 Å². The summed E-state index contributed by atoms with van der Waals surface area (Å²) < 4.78 is 12.6. The van der Waals surface area contributed by atoms with E-state index in [9.17, 15) is 4.79 Å². The average molecular weight is 525 g/mol. The van der Waals surface area contributed by atoms with Gasteiger partial charge in [0.2, 0.25) is 0 Å². The number of thioether (sulfide) groups is 1. The number of nitrogens with zero attached hydrogens (tertiary/aromatic N) is 4. The molecular weight excluding hydrogens is 496 g/mol. The van der Waals surface area contributed by atoms with Crippen LogP contribution in [0.2, 0.25) is 0 Å². The number of para-hydroxylation sites is 1. The normalized spacial score (nSPS) is 11.1. The van der Waals surface area contributed by atoms with E-state index in [4.69, 9.17) is 14.5 Å². The first-order valence-corrected chi connectivity index (χ1v) is 13.3. The zero-order chi connectivity index (χ0) is 26.3. The molecule has 0 bridgehead atoms. The molecule has 0 amide bonds. The molecule has 7 nitrogen and oxygen atoms in total. The summed E-state index contributed by atoms with van der Waals surface area (Å²) in [5, 5.41) is 10.8. The fourth-order valence-electron chi connectivity index (χ4n) is 4.27. The van der Waals surface area contributed by atoms with Crippen molar-refractivity contribution in [2.45, 2.75) is 18.1 Å². The molecule has 0 fully saturated rings. The van der Waals surface area contributed by atoms with Crippen LogP contribution in [-0.4, -0.2) is 52.1 Å². The molecule has 0 N–H and O–H groups in total. The quantitative estimate of drug-likeness (QED) is 0.116. The number of fused-ring (bicyclic) bond motifs is 1. The van der Waals surface area contributed by atoms with Crippen molar-refractivity contribution in [1.29, 1.82) is 0 Å². The second-order valence-electron chi connectivity index (χ2n) is 8.68. The van der Waals surface area contributed by atoms with Crippen LogP contribution in [0.3, 0.4) is 0 Å². The standard InChI is InChI=1S/C30H28N4O3S/c1-36-18-8-17-34-29(32-33-30(34)38-20-28(35)22-13-15-23(37-2)16-14-22)25-19-27(21-9-4-3-5-10-21)31-26-12-7-6-11-24(25)26/h3-7,9-16,19H,8,17-18,20H2,1-2H3. The first-order valence-electron chi connectivity index (χ1n) is 12.4. The van der Waals surface area contributed by atoms with E-state index in [2.05, 4.69) is 39.0 Å². The first kappa shape index (κ1) is 25.6. The Balaban J connectivity index is 1.51. The van der Waals surface area contributed by atoms with Gasteiger partial charge < -0.3 is 14.0 Å². The number of carbonyl (C=O) groups excluding carboxylic acids is 1. The van der Waals surface area contributed by atoms with Crippen LogP contribution in [0, 0.1) is 0 Å². The number of Topliss-reactive ketones (excluding diaryl/α,β-unsaturated/α-hetero) is 1. The Morgan fingerprint density at radius 2 is 1.68 bits per heavy atom. The lowest BCUT2D eigenvalue weighted by molar-refractivity contribution is 0.102. The lowest BCUT2D eigenvalue weighted by Crippen LogP contribution is -2.08. The Hall–Kier alpha value is -4.01. The number of pyridine rings is 1. The zero-order valence-electron chi connectivity index (χ0n) is 21.3. The number of carbonyl (C=O) groups is 1. The Bertz CT molecular complexity index is 1530. The van der Waals surface area contributed by atoms with Crippen molar-refractivity contribution in [2.75, 3.05) is 26.6 Å². The molecule has 5 rings (SSSR count). The van der Waals surface area contributed by atoms with E-state index in [1.165, 1.54) is 11.8 Å². The van der Waals surface area contributed by atoms with E-state index >= 15 is 0 Å². The molecule has 0 spiro atoms. The number of ether oxygens (including phenoxy) is 2. The van der Waals surface area contributed by atoms with Crippen LogP contribution in [0.15, 0.2) is 90.1 Å². The highest BCUT2D eigenvalue weighted by Crippen LogP contribution is 2.33. The van der Waals surface area contributed by atoms with Gasteiger partial charge in [0.1, 0.15) is 5.75 Å². The molecule has 8 heteroatoms. The van der Waals surface area contributed by atoms with Crippen molar-refractivity contribution in [3.05, 3.63) is 90.5 Å². The third-order valence-corrected chi connectivity index (χ3v) is 7.18. The number of aromatic nitrogens is 4. The lowest BCUT2D eigenvalue weighted by atomic mass is 10.0. The summed E-state index contributed by atoms with van der Waals surface area (Å²) in [7, 11) is 3.30. The predicted octanol–water partition coefficient (Wildman–Crippen LogP) is 6.18. The minimum atomic E-state index is 0.0198. The molecule has 0 aliphatic rings. The van der Waals surface area contributed by atoms with Gasteiger partial charge in [-0.15, -0.1) is 10.2 Å². The maximum atomic E-state index is 12.9. The van der Waals surface area contributed by atoms with Crippen molar-refractivity contribution < 1.29 is 14.3 Å². The summed E-state index contributed by atoms with van der Waals surface area (Å²) in [4.78, 5) is 17.8. The summed E-state index contributed by atoms with van der Waals surface area (Å²) in [6, 6.07) is 27.4. The van der Waals surface area contributed by atoms with Gasteiger partial charge in [0.05, 0.1) is 24.1 Å². The van der Waals surface area contributed by atoms with Gasteiger partial charge in [0.25, 0.3) is 0 Å². The fraction of sp³-hybridized carbons (Fsp3) is 0.200. The summed E-state index contributed by atoms with van der Waals surface area (Å²) in [5.74, 6) is 1.74. The fourth-order valence-corrected chi connectivity index (χ4v) is 5.13. The summed E-state index contributed by atoms with van der Waals surface area (Å²) in [5.41, 5.74) is 4.38. The molecule has 0 radical (unpaired) electrons. The Morgan fingerprint density at radius 3 is 2.45 bits per heavy atom. The predicted molar refractivity (Wildman–Crippen MR) is 151 cm³/mol. The molecule has 0 saturated carbocycles. The number of hydrogen-bond acceptors (Lipinski definition) is 7. The molecule has 0 unspecified atom stereocenters. The maximum absolute atomic E-state index is 12.9. The summed E-state index contributed by atoms with van der Waals surface area (Å²) in [6.07, 6.45) is 0.788. The number of ketones is 1. The van der Waals surface area contributed by atoms with Gasteiger partial charge in [-0.2, -0.15) is 0 Å². The van der Waals surface area contributed by atoms with Gasteiger partial charge in [-0.3, -0.25) is 4.79 Å². The molecule has 0 atom stereocenters. The van der Waals surface area contributed by atoms with Crippen LogP contribution in [0.25, 0.3) is 33.5 Å². The molecular formula is C30H28N4O3S. The van der Waals surface area contributed by atoms with E-state index in [0.717, 1.165) is 45.7 Å². The zero-order valence-corrected chi connectivity index (χ0v) is 22.1. The molecule has 192 valence electrons. The van der Waals surface area contributed by atoms with Crippen LogP contribution in [-0.2, 0) is 11.3 Å². The highest BCUT2D eigenvalue weighted by molar-refractivity contribution is 7.99. The van der Waals surface area contributed by atoms with Crippen LogP contribution in [0.5, 0.6) is 5.75 Å². The molecule has 38 heavy (non-hydrogen) atoms. The van der Waals surface area contributed by atoms with E-state index in [1.807, 2.05) is 36.4 Å². The highest BCUT2D eigenvalue weighted by Gasteiger charge is 2.19. The van der Waals surface area contributed by atoms with Gasteiger partial charge in [-0.1, -0.05) is 60.3 Å². The molecule has 2 aromatic heterocycles. The summed E-state index contributed by atoms with van der Waals surface area (Å²) >= 11 is 1.39. The molecule has 3 aromatic carbocycles. The van der Waals surface area contributed by atoms with Crippen molar-refractivity contribution >= 4 is 28.4 Å². The third kappa shape index (κ3) is 5.61. The summed E-state index contributed by atoms with van der Waals surface area (Å²) in [6.45, 7) is 1.27. The van der Waals surface area contributed by atoms with Crippen LogP contribution in [0.4, 0.5) is 0 Å². The van der Waals surface area contributed by atoms with E-state index in [1.54, 1.807) is 38.5 Å². The number of hydrogen-bond donors (Lipinski definition) is 0. The van der Waals surface area contributed by atoms with Crippen molar-refractivity contribution in [2.24, 2.45) is 0 Å². The van der Waals surface area contributed by atoms with Gasteiger partial charge in [0.15, 0.2) is 16.8 Å². The van der Waals surface area contributed by atoms with Gasteiger partial charge >= 0.3 is 0 Å². The first-order chi connectivity index (χ1) is 18.7. The Morgan fingerprint density at radius 1 is 0.921 bits per heavy atom. The largest absolute Gasteiger partial charge is 0.497 e. The van der Waals surface area contributed by atoms with E-state index < -0.39 is 0 Å². The Labute approximate surface area is 225 Å². The molecule has 0 aliphatic heterocycles. The third-order valence-electron chi connectivity index (χ3n) is 6.22. The maximum Gasteiger partial charge on any atom is 0.191 e. The Kier molecular flexibility index (Phi) is 8.11. The van der Waals surface area contributed by atoms with Gasteiger partial charge in [0, 0.05) is 42.3 Å². The van der Waals surface area contributed by atoms with Gasteiger partial charge in [-0.25, -0.2) is 4.98 Å². The number of benzene rings is 3. The molecule has 0 saturated heterocycles. The topological polar surface area (TPSA) is 79.1 Å². The van der Waals surface area contributed by atoms with Crippen LogP contribution in [0.1, 0.15) is 16.8 Å². The van der Waals surface area contributed by atoms with Crippen LogP contribution < -0.4 is 4.74 Å². The minimum absolute atomic E-state index is 0.0198. The van der Waals surface area contributed by atoms with E-state index in [0.29, 0.717) is 23.9 Å². The van der Waals surface area contributed by atoms with Crippen molar-refractivity contribution in [3.8, 4) is 28.4 Å². The van der Waals surface area contributed by atoms with Crippen molar-refractivity contribution in [1.82, 2.24) is 19.7 Å². The number of rotatable bonds is 11. The second-order valence-corrected chi connectivity index (χ2v) is 9.63. The highest BCUT2D eigenvalue weighted by atomic mass is 32.2. The number of methoxy groups -OCH3 is 2.